The van der Waals surface area contributed by atoms with Crippen LogP contribution in [0.2, 0.25) is 5.02 Å². The van der Waals surface area contributed by atoms with Crippen LogP contribution in [-0.2, 0) is 19.2 Å². The van der Waals surface area contributed by atoms with Gasteiger partial charge in [-0.25, -0.2) is 0 Å². The summed E-state index contributed by atoms with van der Waals surface area (Å²) in [5.41, 5.74) is 0.178. The Hall–Kier alpha value is -2.45. The first-order chi connectivity index (χ1) is 17.2. The second kappa shape index (κ2) is 10.9. The van der Waals surface area contributed by atoms with Gasteiger partial charge in [-0.3, -0.25) is 33.9 Å². The third-order valence-electron chi connectivity index (χ3n) is 7.95. The lowest BCUT2D eigenvalue weighted by molar-refractivity contribution is -0.184. The molecule has 0 aliphatic carbocycles. The van der Waals surface area contributed by atoms with E-state index in [9.17, 15) is 19.2 Å². The monoisotopic (exact) mass is 516 g/mol. The van der Waals surface area contributed by atoms with Crippen molar-refractivity contribution < 1.29 is 19.2 Å². The average Bonchev–Trinajstić information content (AvgIpc) is 2.83. The lowest BCUT2D eigenvalue weighted by Crippen LogP contribution is -2.70. The molecule has 4 amide bonds. The molecule has 4 rings (SSSR count). The van der Waals surface area contributed by atoms with Crippen LogP contribution in [0.1, 0.15) is 46.5 Å². The SMILES string of the molecule is CCCCN1C(=O)C2C(=O)N(CCCCN3CCN(c4ccc(Cl)cc4)CC3)C(=O)C(C1=O)C2(C)C. The second-order valence-electron chi connectivity index (χ2n) is 10.7. The summed E-state index contributed by atoms with van der Waals surface area (Å²) in [6, 6.07) is 7.90. The van der Waals surface area contributed by atoms with Crippen LogP contribution in [0.4, 0.5) is 5.69 Å². The summed E-state index contributed by atoms with van der Waals surface area (Å²) in [6.45, 7) is 10.5. The van der Waals surface area contributed by atoms with E-state index in [1.54, 1.807) is 13.8 Å². The molecular weight excluding hydrogens is 480 g/mol. The van der Waals surface area contributed by atoms with Crippen molar-refractivity contribution in [2.75, 3.05) is 50.7 Å². The zero-order chi connectivity index (χ0) is 26.0. The third kappa shape index (κ3) is 5.02. The molecule has 2 atom stereocenters. The van der Waals surface area contributed by atoms with Crippen LogP contribution in [0.25, 0.3) is 0 Å². The number of likely N-dealkylation sites (tertiary alicyclic amines) is 2. The number of hydrogen-bond acceptors (Lipinski definition) is 6. The fourth-order valence-corrected chi connectivity index (χ4v) is 5.86. The number of amides is 4. The molecule has 3 aliphatic heterocycles. The molecule has 0 N–H and O–H groups in total. The van der Waals surface area contributed by atoms with Crippen molar-refractivity contribution >= 4 is 40.9 Å². The van der Waals surface area contributed by atoms with E-state index < -0.39 is 40.9 Å². The number of fused-ring (bicyclic) bond motifs is 2. The minimum Gasteiger partial charge on any atom is -0.369 e. The summed E-state index contributed by atoms with van der Waals surface area (Å²) in [7, 11) is 0. The van der Waals surface area contributed by atoms with Crippen LogP contribution in [0, 0.1) is 17.3 Å². The van der Waals surface area contributed by atoms with Crippen molar-refractivity contribution in [1.29, 1.82) is 0 Å². The topological polar surface area (TPSA) is 81.2 Å². The van der Waals surface area contributed by atoms with Crippen molar-refractivity contribution in [2.45, 2.75) is 46.5 Å². The van der Waals surface area contributed by atoms with E-state index in [4.69, 9.17) is 11.6 Å². The molecular formula is C27H37ClN4O4. The molecule has 2 unspecified atom stereocenters. The van der Waals surface area contributed by atoms with Crippen molar-refractivity contribution in [2.24, 2.45) is 17.3 Å². The van der Waals surface area contributed by atoms with Crippen LogP contribution >= 0.6 is 11.6 Å². The Morgan fingerprint density at radius 1 is 0.750 bits per heavy atom. The standard InChI is InChI=1S/C27H37ClN4O4/c1-4-5-13-31-23(33)21-25(35)32(26(36)22(24(31)34)27(21,2)3)14-7-6-12-29-15-17-30(18-16-29)20-10-8-19(28)9-11-20/h8-11,21-22H,4-7,12-18H2,1-3H3. The Balaban J connectivity index is 1.29. The number of anilines is 1. The van der Waals surface area contributed by atoms with Crippen LogP contribution in [0.5, 0.6) is 0 Å². The molecule has 0 radical (unpaired) electrons. The Labute approximate surface area is 218 Å². The number of hydrogen-bond donors (Lipinski definition) is 0. The molecule has 36 heavy (non-hydrogen) atoms. The fourth-order valence-electron chi connectivity index (χ4n) is 5.74. The quantitative estimate of drug-likeness (QED) is 0.285. The summed E-state index contributed by atoms with van der Waals surface area (Å²) in [4.78, 5) is 60.0. The number of halogens is 1. The first-order valence-corrected chi connectivity index (χ1v) is 13.5. The minimum absolute atomic E-state index is 0.251. The number of piperazine rings is 1. The predicted molar refractivity (Wildman–Crippen MR) is 138 cm³/mol. The van der Waals surface area contributed by atoms with Gasteiger partial charge in [0.05, 0.1) is 0 Å². The maximum absolute atomic E-state index is 13.3. The van der Waals surface area contributed by atoms with E-state index in [0.717, 1.165) is 55.5 Å². The molecule has 1 aromatic carbocycles. The minimum atomic E-state index is -0.995. The van der Waals surface area contributed by atoms with Crippen molar-refractivity contribution in [1.82, 2.24) is 14.7 Å². The number of benzene rings is 1. The number of piperidine rings is 2. The van der Waals surface area contributed by atoms with Gasteiger partial charge < -0.3 is 4.90 Å². The van der Waals surface area contributed by atoms with Gasteiger partial charge in [0.15, 0.2) is 0 Å². The highest BCUT2D eigenvalue weighted by Gasteiger charge is 2.64. The van der Waals surface area contributed by atoms with Crippen LogP contribution in [0.15, 0.2) is 24.3 Å². The zero-order valence-corrected chi connectivity index (χ0v) is 22.3. The van der Waals surface area contributed by atoms with Gasteiger partial charge in [0.2, 0.25) is 23.6 Å². The highest BCUT2D eigenvalue weighted by molar-refractivity contribution is 6.30. The van der Waals surface area contributed by atoms with Gasteiger partial charge in [-0.2, -0.15) is 0 Å². The number of nitrogens with zero attached hydrogens (tertiary/aromatic N) is 4. The van der Waals surface area contributed by atoms with Crippen LogP contribution < -0.4 is 4.90 Å². The summed E-state index contributed by atoms with van der Waals surface area (Å²) < 4.78 is 0. The predicted octanol–water partition coefficient (Wildman–Crippen LogP) is 3.04. The maximum atomic E-state index is 13.3. The summed E-state index contributed by atoms with van der Waals surface area (Å²) in [6.07, 6.45) is 2.97. The van der Waals surface area contributed by atoms with E-state index in [-0.39, 0.29) is 13.1 Å². The molecule has 3 heterocycles. The molecule has 3 saturated heterocycles. The molecule has 9 heteroatoms. The molecule has 8 nitrogen and oxygen atoms in total. The lowest BCUT2D eigenvalue weighted by atomic mass is 9.62. The molecule has 1 aromatic rings. The molecule has 0 saturated carbocycles. The number of carbonyl (C=O) groups excluding carboxylic acids is 4. The molecule has 3 aliphatic rings. The van der Waals surface area contributed by atoms with E-state index >= 15 is 0 Å². The van der Waals surface area contributed by atoms with Gasteiger partial charge in [0.1, 0.15) is 11.8 Å². The number of carbonyl (C=O) groups is 4. The first kappa shape index (κ1) is 26.6. The Kier molecular flexibility index (Phi) is 8.05. The van der Waals surface area contributed by atoms with Gasteiger partial charge in [-0.15, -0.1) is 0 Å². The van der Waals surface area contributed by atoms with Crippen molar-refractivity contribution in [3.05, 3.63) is 29.3 Å². The fraction of sp³-hybridized carbons (Fsp3) is 0.630. The average molecular weight is 517 g/mol. The van der Waals surface area contributed by atoms with Gasteiger partial charge in [-0.1, -0.05) is 38.8 Å². The molecule has 3 fully saturated rings. The maximum Gasteiger partial charge on any atom is 0.242 e. The third-order valence-corrected chi connectivity index (χ3v) is 8.20. The largest absolute Gasteiger partial charge is 0.369 e. The van der Waals surface area contributed by atoms with Gasteiger partial charge in [0, 0.05) is 55.4 Å². The normalized spacial score (nSPS) is 24.6. The van der Waals surface area contributed by atoms with E-state index in [2.05, 4.69) is 9.80 Å². The second-order valence-corrected chi connectivity index (χ2v) is 11.1. The lowest BCUT2D eigenvalue weighted by Gasteiger charge is -2.51. The van der Waals surface area contributed by atoms with Gasteiger partial charge in [-0.05, 0) is 50.1 Å². The molecule has 196 valence electrons. The van der Waals surface area contributed by atoms with Crippen LogP contribution in [-0.4, -0.2) is 84.1 Å². The van der Waals surface area contributed by atoms with Crippen LogP contribution in [0.3, 0.4) is 0 Å². The van der Waals surface area contributed by atoms with Gasteiger partial charge >= 0.3 is 0 Å². The summed E-state index contributed by atoms with van der Waals surface area (Å²) in [5.74, 6) is -3.74. The molecule has 2 bridgehead atoms. The summed E-state index contributed by atoms with van der Waals surface area (Å²) >= 11 is 5.99. The Morgan fingerprint density at radius 2 is 1.22 bits per heavy atom. The summed E-state index contributed by atoms with van der Waals surface area (Å²) in [5, 5.41) is 0.734. The Bertz CT molecular complexity index is 966. The van der Waals surface area contributed by atoms with E-state index in [1.807, 2.05) is 31.2 Å². The van der Waals surface area contributed by atoms with Gasteiger partial charge in [0.25, 0.3) is 0 Å². The zero-order valence-electron chi connectivity index (χ0n) is 21.5. The highest BCUT2D eigenvalue weighted by atomic mass is 35.5. The number of unbranched alkanes of at least 4 members (excludes halogenated alkanes) is 2. The highest BCUT2D eigenvalue weighted by Crippen LogP contribution is 2.47. The smallest absolute Gasteiger partial charge is 0.242 e. The van der Waals surface area contributed by atoms with Crippen molar-refractivity contribution in [3.8, 4) is 0 Å². The van der Waals surface area contributed by atoms with Crippen molar-refractivity contribution in [3.63, 3.8) is 0 Å². The van der Waals surface area contributed by atoms with E-state index in [1.165, 1.54) is 10.6 Å². The Morgan fingerprint density at radius 3 is 1.72 bits per heavy atom. The number of rotatable bonds is 9. The first-order valence-electron chi connectivity index (χ1n) is 13.1. The number of imide groups is 2. The molecule has 0 aromatic heterocycles. The van der Waals surface area contributed by atoms with E-state index in [0.29, 0.717) is 12.8 Å². The molecule has 0 spiro atoms.